The number of nitrogens with zero attached hydrogens (tertiary/aromatic N) is 4. The number of anilines is 1. The molecule has 0 bridgehead atoms. The molecule has 11 nitrogen and oxygen atoms in total. The Hall–Kier alpha value is -2.15. The summed E-state index contributed by atoms with van der Waals surface area (Å²) in [6.45, 7) is 1.66. The van der Waals surface area contributed by atoms with Gasteiger partial charge in [0.25, 0.3) is 0 Å². The van der Waals surface area contributed by atoms with Crippen LogP contribution in [0.1, 0.15) is 13.2 Å². The molecule has 0 aliphatic carbocycles. The molecule has 3 rings (SSSR count). The van der Waals surface area contributed by atoms with Crippen LogP contribution in [0.25, 0.3) is 11.5 Å². The molecular formula is C16H23N5O6. The van der Waals surface area contributed by atoms with Crippen molar-refractivity contribution in [1.29, 1.82) is 0 Å². The molecule has 0 aromatic heterocycles. The first kappa shape index (κ1) is 19.6. The third-order valence-corrected chi connectivity index (χ3v) is 4.47. The summed E-state index contributed by atoms with van der Waals surface area (Å²) in [5.41, 5.74) is 1.23. The summed E-state index contributed by atoms with van der Waals surface area (Å²) in [5, 5.41) is 51.7. The molecule has 0 spiro atoms. The Bertz CT molecular complexity index is 766. The normalized spacial score (nSPS) is 29.3. The van der Waals surface area contributed by atoms with Crippen molar-refractivity contribution in [2.75, 3.05) is 25.1 Å². The van der Waals surface area contributed by atoms with Crippen LogP contribution >= 0.6 is 0 Å². The van der Waals surface area contributed by atoms with Crippen LogP contribution in [0.3, 0.4) is 0 Å². The summed E-state index contributed by atoms with van der Waals surface area (Å²) in [6, 6.07) is 0. The maximum atomic E-state index is 10.3. The number of aliphatic hydroxyl groups is 5. The third-order valence-electron chi connectivity index (χ3n) is 4.47. The Morgan fingerprint density at radius 3 is 2.67 bits per heavy atom. The van der Waals surface area contributed by atoms with Crippen LogP contribution in [0.5, 0.6) is 0 Å². The van der Waals surface area contributed by atoms with Gasteiger partial charge in [-0.05, 0) is 6.92 Å². The smallest absolute Gasteiger partial charge is 0.167 e. The van der Waals surface area contributed by atoms with Crippen molar-refractivity contribution >= 4 is 5.82 Å². The van der Waals surface area contributed by atoms with Gasteiger partial charge in [0, 0.05) is 6.54 Å². The van der Waals surface area contributed by atoms with E-state index in [0.717, 1.165) is 5.57 Å². The number of ether oxygens (including phenoxy) is 1. The van der Waals surface area contributed by atoms with E-state index in [4.69, 9.17) is 9.84 Å². The highest BCUT2D eigenvalue weighted by atomic mass is 16.6. The van der Waals surface area contributed by atoms with E-state index in [0.29, 0.717) is 23.9 Å². The minimum Gasteiger partial charge on any atom is -0.394 e. The van der Waals surface area contributed by atoms with Crippen LogP contribution in [0.15, 0.2) is 24.3 Å². The van der Waals surface area contributed by atoms with Crippen molar-refractivity contribution in [3.63, 3.8) is 0 Å². The topological polar surface area (TPSA) is 166 Å². The van der Waals surface area contributed by atoms with Crippen LogP contribution in [0, 0.1) is 0 Å². The van der Waals surface area contributed by atoms with Gasteiger partial charge in [-0.15, -0.1) is 0 Å². The molecule has 3 heterocycles. The van der Waals surface area contributed by atoms with Gasteiger partial charge >= 0.3 is 0 Å². The monoisotopic (exact) mass is 381 g/mol. The minimum absolute atomic E-state index is 0.0351. The second-order valence-corrected chi connectivity index (χ2v) is 6.36. The highest BCUT2D eigenvalue weighted by molar-refractivity contribution is 5.67. The molecular weight excluding hydrogens is 358 g/mol. The first-order valence-corrected chi connectivity index (χ1v) is 8.46. The number of rotatable bonds is 6. The molecule has 0 aromatic rings. The zero-order chi connectivity index (χ0) is 19.6. The fourth-order valence-corrected chi connectivity index (χ4v) is 2.87. The Morgan fingerprint density at radius 1 is 1.19 bits per heavy atom. The maximum absolute atomic E-state index is 10.3. The molecule has 0 radical (unpaired) electrons. The number of hydrogen-bond donors (Lipinski definition) is 6. The van der Waals surface area contributed by atoms with Crippen molar-refractivity contribution < 1.29 is 30.3 Å². The first-order chi connectivity index (χ1) is 13.0. The predicted molar refractivity (Wildman–Crippen MR) is 92.8 cm³/mol. The fraction of sp³-hybridized carbons (Fsp3) is 0.562. The largest absolute Gasteiger partial charge is 0.394 e. The lowest BCUT2D eigenvalue weighted by Gasteiger charge is -2.41. The Labute approximate surface area is 154 Å². The summed E-state index contributed by atoms with van der Waals surface area (Å²) in [6.07, 6.45) is -2.05. The summed E-state index contributed by atoms with van der Waals surface area (Å²) in [7, 11) is 0. The number of nitrogens with one attached hydrogen (secondary N) is 1. The predicted octanol–water partition coefficient (Wildman–Crippen LogP) is -1.90. The van der Waals surface area contributed by atoms with Crippen molar-refractivity contribution in [3.8, 4) is 11.5 Å². The van der Waals surface area contributed by atoms with E-state index in [9.17, 15) is 20.4 Å². The van der Waals surface area contributed by atoms with E-state index in [1.165, 1.54) is 17.2 Å². The number of hydrogen-bond acceptors (Lipinski definition) is 10. The van der Waals surface area contributed by atoms with Gasteiger partial charge in [0.05, 0.1) is 13.2 Å². The number of aromatic nitrogens is 4. The molecule has 1 saturated heterocycles. The maximum Gasteiger partial charge on any atom is 0.167 e. The molecule has 1 fully saturated rings. The summed E-state index contributed by atoms with van der Waals surface area (Å²) < 4.78 is 6.94. The van der Waals surface area contributed by atoms with E-state index in [2.05, 4.69) is 20.3 Å². The average molecular weight is 381 g/mol. The molecule has 11 heteroatoms. The van der Waals surface area contributed by atoms with E-state index >= 15 is 0 Å². The number of fused-ring (bicyclic) bond motifs is 1. The van der Waals surface area contributed by atoms with Crippen LogP contribution < -0.4 is 5.32 Å². The zero-order valence-corrected chi connectivity index (χ0v) is 14.7. The summed E-state index contributed by atoms with van der Waals surface area (Å²) >= 11 is 0. The highest BCUT2D eigenvalue weighted by Gasteiger charge is 2.45. The third kappa shape index (κ3) is 3.78. The standard InChI is InChI=1S/C16H23N5O6/c1-8(4-22)2-3-17-14-10-15(19-6-18-10)21(7-20-14)16-13(26)12(25)11(24)9(5-23)27-16/h2,6-7,9,11-13,16-17,22-26H,3-5H2,1H3/b8-2+/t9-,11-,12+,13-,16?/m1/s1. The van der Waals surface area contributed by atoms with Crippen LogP contribution in [0.2, 0.25) is 0 Å². The molecule has 3 aliphatic rings. The fourth-order valence-electron chi connectivity index (χ4n) is 2.87. The first-order valence-electron chi connectivity index (χ1n) is 8.46. The molecule has 0 amide bonds. The second-order valence-electron chi connectivity index (χ2n) is 6.36. The van der Waals surface area contributed by atoms with Gasteiger partial charge in [-0.25, -0.2) is 15.0 Å². The summed E-state index contributed by atoms with van der Waals surface area (Å²) in [4.78, 5) is 12.6. The van der Waals surface area contributed by atoms with E-state index < -0.39 is 37.3 Å². The van der Waals surface area contributed by atoms with Gasteiger partial charge in [0.1, 0.15) is 37.1 Å². The number of imidazole rings is 1. The van der Waals surface area contributed by atoms with Gasteiger partial charge in [0.15, 0.2) is 23.6 Å². The van der Waals surface area contributed by atoms with Gasteiger partial charge in [-0.2, -0.15) is 0 Å². The van der Waals surface area contributed by atoms with Crippen LogP contribution in [-0.2, 0) is 4.74 Å². The lowest BCUT2D eigenvalue weighted by molar-refractivity contribution is -0.251. The number of aliphatic hydroxyl groups excluding tert-OH is 5. The van der Waals surface area contributed by atoms with Gasteiger partial charge < -0.3 is 35.6 Å². The molecule has 6 N–H and O–H groups in total. The molecule has 148 valence electrons. The Balaban J connectivity index is 1.88. The van der Waals surface area contributed by atoms with E-state index in [1.807, 2.05) is 6.08 Å². The quantitative estimate of drug-likeness (QED) is 0.311. The molecule has 3 aliphatic heterocycles. The lowest BCUT2D eigenvalue weighted by atomic mass is 9.98. The molecule has 5 atom stereocenters. The van der Waals surface area contributed by atoms with Gasteiger partial charge in [0.2, 0.25) is 0 Å². The average Bonchev–Trinajstić information content (AvgIpc) is 3.17. The van der Waals surface area contributed by atoms with Gasteiger partial charge in [-0.3, -0.25) is 4.57 Å². The van der Waals surface area contributed by atoms with E-state index in [-0.39, 0.29) is 6.61 Å². The molecule has 0 saturated carbocycles. The molecule has 0 aromatic carbocycles. The molecule has 1 unspecified atom stereocenters. The summed E-state index contributed by atoms with van der Waals surface area (Å²) in [5.74, 6) is 0.796. The second kappa shape index (κ2) is 8.25. The van der Waals surface area contributed by atoms with Crippen molar-refractivity contribution in [1.82, 2.24) is 19.5 Å². The Kier molecular flexibility index (Phi) is 5.99. The van der Waals surface area contributed by atoms with Crippen molar-refractivity contribution in [2.45, 2.75) is 37.6 Å². The van der Waals surface area contributed by atoms with Crippen molar-refractivity contribution in [3.05, 3.63) is 24.3 Å². The van der Waals surface area contributed by atoms with Crippen LogP contribution in [-0.4, -0.2) is 89.2 Å². The SMILES string of the molecule is C/C(=C\CNc1ncn(C2O[C@H](CO)[C@@H](O)[C@H](O)[C@H]2O)c2ncnc1-2)CO. The Morgan fingerprint density at radius 2 is 1.96 bits per heavy atom. The minimum atomic E-state index is -1.50. The van der Waals surface area contributed by atoms with Gasteiger partial charge in [-0.1, -0.05) is 11.6 Å². The highest BCUT2D eigenvalue weighted by Crippen LogP contribution is 2.33. The van der Waals surface area contributed by atoms with Crippen molar-refractivity contribution in [2.24, 2.45) is 0 Å². The molecule has 27 heavy (non-hydrogen) atoms. The zero-order valence-electron chi connectivity index (χ0n) is 14.7. The van der Waals surface area contributed by atoms with Crippen LogP contribution in [0.4, 0.5) is 5.82 Å². The van der Waals surface area contributed by atoms with E-state index in [1.54, 1.807) is 6.92 Å². The lowest BCUT2D eigenvalue weighted by Crippen LogP contribution is -2.56.